The van der Waals surface area contributed by atoms with Crippen LogP contribution in [0.2, 0.25) is 5.02 Å². The minimum atomic E-state index is -3.88. The molecule has 0 bridgehead atoms. The summed E-state index contributed by atoms with van der Waals surface area (Å²) in [4.78, 5) is 0. The van der Waals surface area contributed by atoms with Gasteiger partial charge in [-0.15, -0.1) is 0 Å². The minimum Gasteiger partial charge on any atom is -0.495 e. The molecule has 0 aliphatic heterocycles. The number of methoxy groups -OCH3 is 1. The fourth-order valence-electron chi connectivity index (χ4n) is 1.58. The smallest absolute Gasteiger partial charge is 0.279 e. The van der Waals surface area contributed by atoms with Crippen LogP contribution in [0.5, 0.6) is 5.75 Å². The van der Waals surface area contributed by atoms with Crippen LogP contribution in [-0.2, 0) is 16.6 Å². The van der Waals surface area contributed by atoms with Crippen molar-refractivity contribution in [2.75, 3.05) is 11.8 Å². The van der Waals surface area contributed by atoms with Crippen LogP contribution in [0.1, 0.15) is 5.56 Å². The second-order valence-electron chi connectivity index (χ2n) is 3.84. The molecule has 0 unspecified atom stereocenters. The first-order valence-electron chi connectivity index (χ1n) is 5.47. The molecule has 0 fully saturated rings. The fourth-order valence-corrected chi connectivity index (χ4v) is 3.01. The highest BCUT2D eigenvalue weighted by atomic mass is 35.5. The van der Waals surface area contributed by atoms with Gasteiger partial charge in [-0.1, -0.05) is 11.6 Å². The van der Waals surface area contributed by atoms with Gasteiger partial charge in [0.2, 0.25) is 0 Å². The van der Waals surface area contributed by atoms with Gasteiger partial charge in [0.05, 0.1) is 30.6 Å². The van der Waals surface area contributed by atoms with Crippen LogP contribution < -0.4 is 9.46 Å². The molecular weight excluding hydrogens is 306 g/mol. The van der Waals surface area contributed by atoms with Crippen molar-refractivity contribution in [2.45, 2.75) is 11.6 Å². The van der Waals surface area contributed by atoms with Gasteiger partial charge in [0.15, 0.2) is 5.03 Å². The molecule has 1 aromatic carbocycles. The van der Waals surface area contributed by atoms with E-state index < -0.39 is 16.6 Å². The molecule has 2 aromatic rings. The van der Waals surface area contributed by atoms with E-state index >= 15 is 0 Å². The number of hydrogen-bond donors (Lipinski definition) is 3. The molecule has 1 heterocycles. The molecule has 0 aliphatic rings. The predicted molar refractivity (Wildman–Crippen MR) is 73.3 cm³/mol. The van der Waals surface area contributed by atoms with Gasteiger partial charge < -0.3 is 9.84 Å². The van der Waals surface area contributed by atoms with E-state index in [2.05, 4.69) is 14.9 Å². The Morgan fingerprint density at radius 2 is 2.25 bits per heavy atom. The van der Waals surface area contributed by atoms with E-state index in [0.717, 1.165) is 0 Å². The molecule has 0 saturated heterocycles. The standard InChI is InChI=1S/C11H12ClN3O4S/c1-19-10-3-2-8(4-9(10)12)15-20(17,18)11-7(6-16)5-13-14-11/h2-5,15-16H,6H2,1H3,(H,13,14). The average molecular weight is 318 g/mol. The largest absolute Gasteiger partial charge is 0.495 e. The summed E-state index contributed by atoms with van der Waals surface area (Å²) in [5, 5.41) is 15.1. The van der Waals surface area contributed by atoms with E-state index in [1.54, 1.807) is 6.07 Å². The molecule has 0 spiro atoms. The molecule has 0 amide bonds. The van der Waals surface area contributed by atoms with Crippen LogP contribution in [-0.4, -0.2) is 30.8 Å². The van der Waals surface area contributed by atoms with Gasteiger partial charge in [-0.25, -0.2) is 0 Å². The summed E-state index contributed by atoms with van der Waals surface area (Å²) in [6.45, 7) is -0.434. The van der Waals surface area contributed by atoms with E-state index in [9.17, 15) is 8.42 Å². The van der Waals surface area contributed by atoms with Crippen LogP contribution in [0, 0.1) is 0 Å². The molecule has 0 atom stereocenters. The van der Waals surface area contributed by atoms with Gasteiger partial charge in [0, 0.05) is 5.56 Å². The number of ether oxygens (including phenoxy) is 1. The number of nitrogens with zero attached hydrogens (tertiary/aromatic N) is 1. The average Bonchev–Trinajstić information content (AvgIpc) is 2.87. The lowest BCUT2D eigenvalue weighted by Gasteiger charge is -2.09. The summed E-state index contributed by atoms with van der Waals surface area (Å²) < 4.78 is 31.6. The first-order valence-corrected chi connectivity index (χ1v) is 7.33. The number of aromatic amines is 1. The van der Waals surface area contributed by atoms with Gasteiger partial charge in [0.1, 0.15) is 5.75 Å². The number of sulfonamides is 1. The molecule has 20 heavy (non-hydrogen) atoms. The monoisotopic (exact) mass is 317 g/mol. The van der Waals surface area contributed by atoms with Crippen molar-refractivity contribution in [2.24, 2.45) is 0 Å². The Morgan fingerprint density at radius 1 is 1.50 bits per heavy atom. The second kappa shape index (κ2) is 5.70. The number of anilines is 1. The zero-order valence-electron chi connectivity index (χ0n) is 10.4. The maximum atomic E-state index is 12.1. The molecule has 9 heteroatoms. The number of halogens is 1. The van der Waals surface area contributed by atoms with E-state index in [1.165, 1.54) is 25.4 Å². The number of hydrogen-bond acceptors (Lipinski definition) is 5. The first-order chi connectivity index (χ1) is 9.47. The number of benzene rings is 1. The summed E-state index contributed by atoms with van der Waals surface area (Å²) in [5.41, 5.74) is 0.450. The Labute approximate surface area is 120 Å². The van der Waals surface area contributed by atoms with Crippen LogP contribution in [0.4, 0.5) is 5.69 Å². The Hall–Kier alpha value is -1.77. The third-order valence-electron chi connectivity index (χ3n) is 2.52. The van der Waals surface area contributed by atoms with Crippen LogP contribution in [0.25, 0.3) is 0 Å². The summed E-state index contributed by atoms with van der Waals surface area (Å²) >= 11 is 5.92. The Kier molecular flexibility index (Phi) is 4.17. The molecule has 1 aromatic heterocycles. The fraction of sp³-hybridized carbons (Fsp3) is 0.182. The third kappa shape index (κ3) is 2.87. The third-order valence-corrected chi connectivity index (χ3v) is 4.21. The lowest BCUT2D eigenvalue weighted by Crippen LogP contribution is -2.15. The molecule has 3 N–H and O–H groups in total. The highest BCUT2D eigenvalue weighted by Crippen LogP contribution is 2.28. The molecular formula is C11H12ClN3O4S. The van der Waals surface area contributed by atoms with Gasteiger partial charge in [-0.05, 0) is 18.2 Å². The summed E-state index contributed by atoms with van der Waals surface area (Å²) in [6, 6.07) is 4.48. The van der Waals surface area contributed by atoms with Gasteiger partial charge >= 0.3 is 0 Å². The summed E-state index contributed by atoms with van der Waals surface area (Å²) in [7, 11) is -2.42. The predicted octanol–water partition coefficient (Wildman–Crippen LogP) is 1.36. The van der Waals surface area contributed by atoms with Crippen molar-refractivity contribution in [1.29, 1.82) is 0 Å². The molecule has 108 valence electrons. The highest BCUT2D eigenvalue weighted by Gasteiger charge is 2.20. The molecule has 2 rings (SSSR count). The van der Waals surface area contributed by atoms with E-state index in [4.69, 9.17) is 21.4 Å². The number of aliphatic hydroxyl groups excluding tert-OH is 1. The topological polar surface area (TPSA) is 104 Å². The van der Waals surface area contributed by atoms with Gasteiger partial charge in [0.25, 0.3) is 10.0 Å². The second-order valence-corrected chi connectivity index (χ2v) is 5.86. The number of H-pyrrole nitrogens is 1. The van der Waals surface area contributed by atoms with E-state index in [1.807, 2.05) is 0 Å². The van der Waals surface area contributed by atoms with E-state index in [-0.39, 0.29) is 21.3 Å². The van der Waals surface area contributed by atoms with Gasteiger partial charge in [-0.2, -0.15) is 13.5 Å². The van der Waals surface area contributed by atoms with E-state index in [0.29, 0.717) is 5.75 Å². The van der Waals surface area contributed by atoms with Crippen LogP contribution in [0.3, 0.4) is 0 Å². The summed E-state index contributed by atoms with van der Waals surface area (Å²) in [6.07, 6.45) is 1.25. The van der Waals surface area contributed by atoms with Crippen molar-refractivity contribution >= 4 is 27.3 Å². The number of aromatic nitrogens is 2. The maximum absolute atomic E-state index is 12.1. The van der Waals surface area contributed by atoms with Crippen molar-refractivity contribution in [3.05, 3.63) is 35.0 Å². The highest BCUT2D eigenvalue weighted by molar-refractivity contribution is 7.92. The SMILES string of the molecule is COc1ccc(NS(=O)(=O)c2[nH]ncc2CO)cc1Cl. The van der Waals surface area contributed by atoms with Crippen molar-refractivity contribution < 1.29 is 18.3 Å². The lowest BCUT2D eigenvalue weighted by atomic mass is 10.3. The zero-order chi connectivity index (χ0) is 14.8. The Bertz CT molecular complexity index is 714. The van der Waals surface area contributed by atoms with Crippen LogP contribution in [0.15, 0.2) is 29.4 Å². The maximum Gasteiger partial charge on any atom is 0.279 e. The summed E-state index contributed by atoms with van der Waals surface area (Å²) in [5.74, 6) is 0.437. The Balaban J connectivity index is 2.31. The van der Waals surface area contributed by atoms with Crippen molar-refractivity contribution in [3.8, 4) is 5.75 Å². The molecule has 0 saturated carbocycles. The quantitative estimate of drug-likeness (QED) is 0.772. The zero-order valence-corrected chi connectivity index (χ0v) is 12.0. The number of nitrogens with one attached hydrogen (secondary N) is 2. The van der Waals surface area contributed by atoms with Crippen molar-refractivity contribution in [3.63, 3.8) is 0 Å². The first kappa shape index (κ1) is 14.6. The van der Waals surface area contributed by atoms with Crippen molar-refractivity contribution in [1.82, 2.24) is 10.2 Å². The van der Waals surface area contributed by atoms with Crippen LogP contribution >= 0.6 is 11.6 Å². The number of rotatable bonds is 5. The van der Waals surface area contributed by atoms with Gasteiger partial charge in [-0.3, -0.25) is 9.82 Å². The molecule has 0 aliphatic carbocycles. The number of aliphatic hydroxyl groups is 1. The lowest BCUT2D eigenvalue weighted by molar-refractivity contribution is 0.278. The minimum absolute atomic E-state index is 0.178. The normalized spacial score (nSPS) is 11.3. The molecule has 0 radical (unpaired) electrons. The Morgan fingerprint density at radius 3 is 2.85 bits per heavy atom. The molecule has 7 nitrogen and oxygen atoms in total.